The SMILES string of the molecule is CC(C)=CCCC(C)CN1CCCC1CO. The van der Waals surface area contributed by atoms with Crippen LogP contribution in [0.1, 0.15) is 46.5 Å². The number of aliphatic hydroxyl groups excluding tert-OH is 1. The molecule has 0 aromatic rings. The summed E-state index contributed by atoms with van der Waals surface area (Å²) in [4.78, 5) is 2.47. The molecule has 2 heteroatoms. The molecule has 0 spiro atoms. The van der Waals surface area contributed by atoms with Crippen LogP contribution in [0.25, 0.3) is 0 Å². The van der Waals surface area contributed by atoms with Crippen molar-refractivity contribution in [3.8, 4) is 0 Å². The van der Waals surface area contributed by atoms with Gasteiger partial charge in [0.2, 0.25) is 0 Å². The van der Waals surface area contributed by atoms with Gasteiger partial charge in [-0.3, -0.25) is 4.90 Å². The summed E-state index contributed by atoms with van der Waals surface area (Å²) in [6, 6.07) is 0.436. The largest absolute Gasteiger partial charge is 0.395 e. The molecule has 1 N–H and O–H groups in total. The molecule has 0 aromatic carbocycles. The zero-order chi connectivity index (χ0) is 12.0. The van der Waals surface area contributed by atoms with Gasteiger partial charge in [-0.2, -0.15) is 0 Å². The van der Waals surface area contributed by atoms with Crippen molar-refractivity contribution >= 4 is 0 Å². The molecule has 1 aliphatic heterocycles. The predicted molar refractivity (Wildman–Crippen MR) is 69.5 cm³/mol. The molecule has 1 rings (SSSR count). The topological polar surface area (TPSA) is 23.5 Å². The van der Waals surface area contributed by atoms with E-state index in [1.807, 2.05) is 0 Å². The van der Waals surface area contributed by atoms with E-state index in [1.54, 1.807) is 0 Å². The van der Waals surface area contributed by atoms with Crippen molar-refractivity contribution in [1.29, 1.82) is 0 Å². The van der Waals surface area contributed by atoms with Crippen LogP contribution in [0.3, 0.4) is 0 Å². The maximum Gasteiger partial charge on any atom is 0.0586 e. The maximum atomic E-state index is 9.25. The first-order chi connectivity index (χ1) is 7.63. The number of allylic oxidation sites excluding steroid dienone is 2. The normalized spacial score (nSPS) is 23.4. The van der Waals surface area contributed by atoms with Gasteiger partial charge in [0.25, 0.3) is 0 Å². The van der Waals surface area contributed by atoms with Crippen molar-refractivity contribution in [2.75, 3.05) is 19.7 Å². The van der Waals surface area contributed by atoms with E-state index in [1.165, 1.54) is 37.8 Å². The van der Waals surface area contributed by atoms with Crippen LogP contribution in [-0.2, 0) is 0 Å². The van der Waals surface area contributed by atoms with Crippen molar-refractivity contribution in [3.05, 3.63) is 11.6 Å². The average molecular weight is 225 g/mol. The summed E-state index contributed by atoms with van der Waals surface area (Å²) in [5, 5.41) is 9.25. The molecule has 94 valence electrons. The lowest BCUT2D eigenvalue weighted by Crippen LogP contribution is -2.35. The lowest BCUT2D eigenvalue weighted by atomic mass is 10.0. The molecule has 0 aliphatic carbocycles. The maximum absolute atomic E-state index is 9.25. The van der Waals surface area contributed by atoms with Gasteiger partial charge in [0, 0.05) is 12.6 Å². The molecule has 16 heavy (non-hydrogen) atoms. The van der Waals surface area contributed by atoms with E-state index in [4.69, 9.17) is 0 Å². The highest BCUT2D eigenvalue weighted by Crippen LogP contribution is 2.19. The van der Waals surface area contributed by atoms with Gasteiger partial charge in [0.15, 0.2) is 0 Å². The van der Waals surface area contributed by atoms with Gasteiger partial charge < -0.3 is 5.11 Å². The van der Waals surface area contributed by atoms with Crippen LogP contribution in [0.5, 0.6) is 0 Å². The van der Waals surface area contributed by atoms with E-state index in [2.05, 4.69) is 31.7 Å². The second-order valence-corrected chi connectivity index (χ2v) is 5.44. The molecule has 2 atom stereocenters. The Morgan fingerprint density at radius 2 is 2.25 bits per heavy atom. The van der Waals surface area contributed by atoms with Crippen LogP contribution in [0.2, 0.25) is 0 Å². The molecule has 2 unspecified atom stereocenters. The van der Waals surface area contributed by atoms with Crippen LogP contribution < -0.4 is 0 Å². The summed E-state index contributed by atoms with van der Waals surface area (Å²) in [5.74, 6) is 0.739. The Hall–Kier alpha value is -0.340. The second kappa shape index (κ2) is 7.08. The Balaban J connectivity index is 2.22. The third-order valence-electron chi connectivity index (χ3n) is 3.47. The summed E-state index contributed by atoms with van der Waals surface area (Å²) in [5.41, 5.74) is 1.42. The standard InChI is InChI=1S/C14H27NO/c1-12(2)6-4-7-13(3)10-15-9-5-8-14(15)11-16/h6,13-14,16H,4-5,7-11H2,1-3H3. The lowest BCUT2D eigenvalue weighted by Gasteiger charge is -2.25. The molecular weight excluding hydrogens is 198 g/mol. The van der Waals surface area contributed by atoms with E-state index in [0.717, 1.165) is 12.5 Å². The van der Waals surface area contributed by atoms with Gasteiger partial charge in [0.1, 0.15) is 0 Å². The molecule has 1 saturated heterocycles. The van der Waals surface area contributed by atoms with Crippen LogP contribution in [0.4, 0.5) is 0 Å². The van der Waals surface area contributed by atoms with Gasteiger partial charge in [-0.15, -0.1) is 0 Å². The lowest BCUT2D eigenvalue weighted by molar-refractivity contribution is 0.143. The van der Waals surface area contributed by atoms with Gasteiger partial charge >= 0.3 is 0 Å². The highest BCUT2D eigenvalue weighted by atomic mass is 16.3. The van der Waals surface area contributed by atoms with Crippen LogP contribution in [-0.4, -0.2) is 35.7 Å². The predicted octanol–water partition coefficient (Wildman–Crippen LogP) is 2.83. The van der Waals surface area contributed by atoms with E-state index in [0.29, 0.717) is 12.6 Å². The molecule has 1 aliphatic rings. The van der Waals surface area contributed by atoms with Crippen molar-refractivity contribution in [2.24, 2.45) is 5.92 Å². The minimum absolute atomic E-state index is 0.334. The fourth-order valence-electron chi connectivity index (χ4n) is 2.49. The zero-order valence-corrected chi connectivity index (χ0v) is 11.1. The molecule has 1 heterocycles. The van der Waals surface area contributed by atoms with E-state index >= 15 is 0 Å². The molecule has 0 bridgehead atoms. The minimum Gasteiger partial charge on any atom is -0.395 e. The van der Waals surface area contributed by atoms with Gasteiger partial charge in [-0.25, -0.2) is 0 Å². The van der Waals surface area contributed by atoms with Crippen LogP contribution >= 0.6 is 0 Å². The molecule has 0 saturated carbocycles. The zero-order valence-electron chi connectivity index (χ0n) is 11.1. The second-order valence-electron chi connectivity index (χ2n) is 5.44. The minimum atomic E-state index is 0.334. The first kappa shape index (κ1) is 13.7. The third-order valence-corrected chi connectivity index (χ3v) is 3.47. The third kappa shape index (κ3) is 4.67. The Kier molecular flexibility index (Phi) is 6.07. The van der Waals surface area contributed by atoms with Gasteiger partial charge in [0.05, 0.1) is 6.61 Å². The van der Waals surface area contributed by atoms with E-state index in [9.17, 15) is 5.11 Å². The first-order valence-corrected chi connectivity index (χ1v) is 6.61. The molecule has 0 amide bonds. The molecule has 2 nitrogen and oxygen atoms in total. The van der Waals surface area contributed by atoms with Crippen molar-refractivity contribution in [2.45, 2.75) is 52.5 Å². The van der Waals surface area contributed by atoms with Crippen molar-refractivity contribution in [1.82, 2.24) is 4.90 Å². The van der Waals surface area contributed by atoms with E-state index < -0.39 is 0 Å². The number of rotatable bonds is 6. The summed E-state index contributed by atoms with van der Waals surface area (Å²) in [7, 11) is 0. The Labute approximate surface area is 100 Å². The fourth-order valence-corrected chi connectivity index (χ4v) is 2.49. The summed E-state index contributed by atoms with van der Waals surface area (Å²) < 4.78 is 0. The van der Waals surface area contributed by atoms with Gasteiger partial charge in [-0.05, 0) is 52.0 Å². The van der Waals surface area contributed by atoms with E-state index in [-0.39, 0.29) is 0 Å². The molecule has 0 radical (unpaired) electrons. The Bertz CT molecular complexity index is 221. The van der Waals surface area contributed by atoms with Gasteiger partial charge in [-0.1, -0.05) is 18.6 Å². The smallest absolute Gasteiger partial charge is 0.0586 e. The summed E-state index contributed by atoms with van der Waals surface area (Å²) >= 11 is 0. The van der Waals surface area contributed by atoms with Crippen molar-refractivity contribution in [3.63, 3.8) is 0 Å². The number of hydrogen-bond donors (Lipinski definition) is 1. The number of nitrogens with zero attached hydrogens (tertiary/aromatic N) is 1. The van der Waals surface area contributed by atoms with Crippen LogP contribution in [0.15, 0.2) is 11.6 Å². The Morgan fingerprint density at radius 3 is 2.88 bits per heavy atom. The molecular formula is C14H27NO. The number of likely N-dealkylation sites (tertiary alicyclic amines) is 1. The highest BCUT2D eigenvalue weighted by molar-refractivity contribution is 4.93. The van der Waals surface area contributed by atoms with Crippen molar-refractivity contribution < 1.29 is 5.11 Å². The summed E-state index contributed by atoms with van der Waals surface area (Å²) in [6.45, 7) is 9.31. The molecule has 0 aromatic heterocycles. The average Bonchev–Trinajstić information content (AvgIpc) is 2.64. The van der Waals surface area contributed by atoms with Crippen LogP contribution in [0, 0.1) is 5.92 Å². The number of aliphatic hydroxyl groups is 1. The summed E-state index contributed by atoms with van der Waals surface area (Å²) in [6.07, 6.45) is 7.22. The molecule has 1 fully saturated rings. The highest BCUT2D eigenvalue weighted by Gasteiger charge is 2.24. The quantitative estimate of drug-likeness (QED) is 0.703. The monoisotopic (exact) mass is 225 g/mol. The fraction of sp³-hybridized carbons (Fsp3) is 0.857. The first-order valence-electron chi connectivity index (χ1n) is 6.61. The number of hydrogen-bond acceptors (Lipinski definition) is 2. The Morgan fingerprint density at radius 1 is 1.50 bits per heavy atom.